The molecule has 78 valence electrons. The minimum absolute atomic E-state index is 0.606. The van der Waals surface area contributed by atoms with Crippen LogP contribution in [0.5, 0.6) is 0 Å². The number of hydrogen-bond acceptors (Lipinski definition) is 2. The molecule has 0 bridgehead atoms. The van der Waals surface area contributed by atoms with E-state index in [0.717, 1.165) is 19.6 Å². The summed E-state index contributed by atoms with van der Waals surface area (Å²) in [5.41, 5.74) is 1.40. The molecule has 0 spiro atoms. The molecule has 0 saturated heterocycles. The number of imidazole rings is 1. The van der Waals surface area contributed by atoms with Crippen molar-refractivity contribution in [3.05, 3.63) is 17.7 Å². The van der Waals surface area contributed by atoms with E-state index in [1.807, 2.05) is 6.20 Å². The highest BCUT2D eigenvalue weighted by Crippen LogP contribution is 2.25. The second-order valence-electron chi connectivity index (χ2n) is 4.46. The molecule has 2 heterocycles. The van der Waals surface area contributed by atoms with E-state index in [9.17, 15) is 0 Å². The molecule has 3 nitrogen and oxygen atoms in total. The fraction of sp³-hybridized carbons (Fsp3) is 0.727. The van der Waals surface area contributed by atoms with Crippen molar-refractivity contribution in [1.29, 1.82) is 0 Å². The van der Waals surface area contributed by atoms with Gasteiger partial charge in [0.2, 0.25) is 0 Å². The standard InChI is InChI=1S/C11H19N3/c1-8(2)9(3)10-6-13-11-7-12-4-5-14(10)11/h6,8-9,12H,4-5,7H2,1-3H3. The van der Waals surface area contributed by atoms with Gasteiger partial charge >= 0.3 is 0 Å². The molecular weight excluding hydrogens is 174 g/mol. The molecule has 1 aliphatic rings. The van der Waals surface area contributed by atoms with Crippen LogP contribution in [0.3, 0.4) is 0 Å². The number of hydrogen-bond donors (Lipinski definition) is 1. The molecule has 1 unspecified atom stereocenters. The Hall–Kier alpha value is -0.830. The van der Waals surface area contributed by atoms with Crippen LogP contribution in [-0.4, -0.2) is 16.1 Å². The Kier molecular flexibility index (Phi) is 2.59. The van der Waals surface area contributed by atoms with Crippen molar-refractivity contribution < 1.29 is 0 Å². The Morgan fingerprint density at radius 2 is 2.21 bits per heavy atom. The summed E-state index contributed by atoms with van der Waals surface area (Å²) >= 11 is 0. The van der Waals surface area contributed by atoms with Crippen molar-refractivity contribution in [3.8, 4) is 0 Å². The first-order valence-corrected chi connectivity index (χ1v) is 5.45. The van der Waals surface area contributed by atoms with Gasteiger partial charge in [0, 0.05) is 30.9 Å². The van der Waals surface area contributed by atoms with Crippen LogP contribution in [0.1, 0.15) is 38.2 Å². The van der Waals surface area contributed by atoms with E-state index in [2.05, 4.69) is 35.6 Å². The van der Waals surface area contributed by atoms with Crippen molar-refractivity contribution in [2.45, 2.75) is 39.8 Å². The van der Waals surface area contributed by atoms with Crippen molar-refractivity contribution in [2.24, 2.45) is 5.92 Å². The third-order valence-corrected chi connectivity index (χ3v) is 3.23. The molecule has 0 saturated carbocycles. The van der Waals surface area contributed by atoms with E-state index in [-0.39, 0.29) is 0 Å². The SMILES string of the molecule is CC(C)C(C)c1cnc2n1CCNC2. The Morgan fingerprint density at radius 3 is 2.93 bits per heavy atom. The molecular formula is C11H19N3. The Balaban J connectivity index is 2.30. The van der Waals surface area contributed by atoms with E-state index in [0.29, 0.717) is 11.8 Å². The maximum atomic E-state index is 4.46. The quantitative estimate of drug-likeness (QED) is 0.775. The summed E-state index contributed by atoms with van der Waals surface area (Å²) in [6.07, 6.45) is 2.05. The van der Waals surface area contributed by atoms with Crippen LogP contribution in [0, 0.1) is 5.92 Å². The maximum absolute atomic E-state index is 4.46. The normalized spacial score (nSPS) is 18.3. The van der Waals surface area contributed by atoms with Gasteiger partial charge in [0.15, 0.2) is 0 Å². The maximum Gasteiger partial charge on any atom is 0.122 e. The largest absolute Gasteiger partial charge is 0.329 e. The van der Waals surface area contributed by atoms with Gasteiger partial charge in [0.1, 0.15) is 5.82 Å². The van der Waals surface area contributed by atoms with Gasteiger partial charge < -0.3 is 9.88 Å². The average molecular weight is 193 g/mol. The molecule has 1 aromatic rings. The smallest absolute Gasteiger partial charge is 0.122 e. The third-order valence-electron chi connectivity index (χ3n) is 3.23. The van der Waals surface area contributed by atoms with E-state index < -0.39 is 0 Å². The lowest BCUT2D eigenvalue weighted by Crippen LogP contribution is -2.29. The zero-order chi connectivity index (χ0) is 10.1. The van der Waals surface area contributed by atoms with Crippen molar-refractivity contribution in [3.63, 3.8) is 0 Å². The highest BCUT2D eigenvalue weighted by molar-refractivity contribution is 5.12. The highest BCUT2D eigenvalue weighted by atomic mass is 15.2. The lowest BCUT2D eigenvalue weighted by molar-refractivity contribution is 0.451. The molecule has 14 heavy (non-hydrogen) atoms. The van der Waals surface area contributed by atoms with Crippen LogP contribution in [0.2, 0.25) is 0 Å². The van der Waals surface area contributed by atoms with Crippen LogP contribution in [0.25, 0.3) is 0 Å². The Bertz CT molecular complexity index is 314. The zero-order valence-corrected chi connectivity index (χ0v) is 9.25. The molecule has 1 N–H and O–H groups in total. The number of fused-ring (bicyclic) bond motifs is 1. The summed E-state index contributed by atoms with van der Waals surface area (Å²) in [5.74, 6) is 2.48. The monoisotopic (exact) mass is 193 g/mol. The molecule has 1 aliphatic heterocycles. The Labute approximate surface area is 85.5 Å². The van der Waals surface area contributed by atoms with Gasteiger partial charge in [0.25, 0.3) is 0 Å². The Morgan fingerprint density at radius 1 is 1.43 bits per heavy atom. The minimum Gasteiger partial charge on any atom is -0.329 e. The van der Waals surface area contributed by atoms with Crippen LogP contribution >= 0.6 is 0 Å². The number of nitrogens with one attached hydrogen (secondary N) is 1. The molecule has 1 aromatic heterocycles. The lowest BCUT2D eigenvalue weighted by atomic mass is 9.95. The van der Waals surface area contributed by atoms with E-state index in [1.165, 1.54) is 11.5 Å². The molecule has 2 rings (SSSR count). The molecule has 0 aromatic carbocycles. The average Bonchev–Trinajstić information content (AvgIpc) is 2.60. The molecule has 3 heteroatoms. The van der Waals surface area contributed by atoms with Crippen LogP contribution < -0.4 is 5.32 Å². The second kappa shape index (κ2) is 3.73. The topological polar surface area (TPSA) is 29.9 Å². The summed E-state index contributed by atoms with van der Waals surface area (Å²) in [6, 6.07) is 0. The molecule has 0 aliphatic carbocycles. The third kappa shape index (κ3) is 1.57. The molecule has 0 amide bonds. The molecule has 0 fully saturated rings. The first-order valence-electron chi connectivity index (χ1n) is 5.45. The first-order chi connectivity index (χ1) is 6.70. The predicted octanol–water partition coefficient (Wildman–Crippen LogP) is 1.75. The fourth-order valence-electron chi connectivity index (χ4n) is 1.92. The fourth-order valence-corrected chi connectivity index (χ4v) is 1.92. The summed E-state index contributed by atoms with van der Waals surface area (Å²) in [5, 5.41) is 3.34. The highest BCUT2D eigenvalue weighted by Gasteiger charge is 2.19. The summed E-state index contributed by atoms with van der Waals surface area (Å²) in [7, 11) is 0. The van der Waals surface area contributed by atoms with Gasteiger partial charge in [-0.2, -0.15) is 0 Å². The number of nitrogens with zero attached hydrogens (tertiary/aromatic N) is 2. The zero-order valence-electron chi connectivity index (χ0n) is 9.25. The summed E-state index contributed by atoms with van der Waals surface area (Å²) < 4.78 is 2.38. The van der Waals surface area contributed by atoms with Crippen molar-refractivity contribution in [1.82, 2.24) is 14.9 Å². The van der Waals surface area contributed by atoms with Crippen LogP contribution in [0.4, 0.5) is 0 Å². The van der Waals surface area contributed by atoms with Gasteiger partial charge in [-0.15, -0.1) is 0 Å². The summed E-state index contributed by atoms with van der Waals surface area (Å²) in [6.45, 7) is 9.89. The first kappa shape index (κ1) is 9.71. The summed E-state index contributed by atoms with van der Waals surface area (Å²) in [4.78, 5) is 4.46. The van der Waals surface area contributed by atoms with Crippen molar-refractivity contribution in [2.75, 3.05) is 6.54 Å². The molecule has 0 radical (unpaired) electrons. The van der Waals surface area contributed by atoms with Gasteiger partial charge in [-0.3, -0.25) is 0 Å². The van der Waals surface area contributed by atoms with E-state index >= 15 is 0 Å². The van der Waals surface area contributed by atoms with E-state index in [4.69, 9.17) is 0 Å². The van der Waals surface area contributed by atoms with Crippen molar-refractivity contribution >= 4 is 0 Å². The van der Waals surface area contributed by atoms with Gasteiger partial charge in [-0.1, -0.05) is 20.8 Å². The van der Waals surface area contributed by atoms with Gasteiger partial charge in [-0.25, -0.2) is 4.98 Å². The molecule has 1 atom stereocenters. The van der Waals surface area contributed by atoms with Gasteiger partial charge in [-0.05, 0) is 5.92 Å². The predicted molar refractivity (Wildman–Crippen MR) is 57.2 cm³/mol. The van der Waals surface area contributed by atoms with E-state index in [1.54, 1.807) is 0 Å². The number of rotatable bonds is 2. The lowest BCUT2D eigenvalue weighted by Gasteiger charge is -2.22. The van der Waals surface area contributed by atoms with Crippen LogP contribution in [0.15, 0.2) is 6.20 Å². The minimum atomic E-state index is 0.606. The second-order valence-corrected chi connectivity index (χ2v) is 4.46. The van der Waals surface area contributed by atoms with Crippen LogP contribution in [-0.2, 0) is 13.1 Å². The number of aromatic nitrogens is 2. The van der Waals surface area contributed by atoms with Gasteiger partial charge in [0.05, 0.1) is 6.54 Å².